The fourth-order valence-electron chi connectivity index (χ4n) is 1.92. The molecule has 0 fully saturated rings. The van der Waals surface area contributed by atoms with Gasteiger partial charge in [0.2, 0.25) is 0 Å². The van der Waals surface area contributed by atoms with Crippen LogP contribution in [-0.4, -0.2) is 22.2 Å². The molecule has 4 heteroatoms. The van der Waals surface area contributed by atoms with E-state index in [-0.39, 0.29) is 0 Å². The summed E-state index contributed by atoms with van der Waals surface area (Å²) in [5.74, 6) is 0.498. The molecule has 0 radical (unpaired) electrons. The Morgan fingerprint density at radius 2 is 2.18 bits per heavy atom. The van der Waals surface area contributed by atoms with Crippen molar-refractivity contribution in [3.8, 4) is 0 Å². The molecule has 1 unspecified atom stereocenters. The smallest absolute Gasteiger partial charge is 0.0746 e. The molecule has 0 amide bonds. The highest BCUT2D eigenvalue weighted by Crippen LogP contribution is 2.15. The van der Waals surface area contributed by atoms with Crippen LogP contribution in [-0.2, 0) is 6.54 Å². The minimum atomic E-state index is -0.649. The summed E-state index contributed by atoms with van der Waals surface area (Å²) >= 11 is 3.35. The van der Waals surface area contributed by atoms with Gasteiger partial charge in [-0.05, 0) is 47.3 Å². The van der Waals surface area contributed by atoms with E-state index in [1.807, 2.05) is 19.1 Å². The second-order valence-electron chi connectivity index (χ2n) is 5.17. The van der Waals surface area contributed by atoms with Crippen molar-refractivity contribution < 1.29 is 5.11 Å². The van der Waals surface area contributed by atoms with Crippen LogP contribution in [0.4, 0.5) is 0 Å². The Hall–Kier alpha value is -0.450. The predicted octanol–water partition coefficient (Wildman–Crippen LogP) is 2.73. The molecule has 0 aliphatic rings. The summed E-state index contributed by atoms with van der Waals surface area (Å²) in [6, 6.07) is 3.94. The van der Waals surface area contributed by atoms with Crippen molar-refractivity contribution in [2.75, 3.05) is 6.54 Å². The van der Waals surface area contributed by atoms with Crippen molar-refractivity contribution in [2.45, 2.75) is 39.3 Å². The lowest BCUT2D eigenvalue weighted by Gasteiger charge is -2.25. The fraction of sp³-hybridized carbons (Fsp3) is 0.615. The van der Waals surface area contributed by atoms with Crippen LogP contribution in [0.15, 0.2) is 22.8 Å². The Labute approximate surface area is 112 Å². The molecule has 0 aliphatic carbocycles. The minimum Gasteiger partial charge on any atom is -0.389 e. The van der Waals surface area contributed by atoms with E-state index in [4.69, 9.17) is 0 Å². The summed E-state index contributed by atoms with van der Waals surface area (Å²) in [7, 11) is 0. The van der Waals surface area contributed by atoms with E-state index >= 15 is 0 Å². The van der Waals surface area contributed by atoms with Gasteiger partial charge in [-0.25, -0.2) is 0 Å². The number of rotatable bonds is 6. The van der Waals surface area contributed by atoms with Gasteiger partial charge in [-0.15, -0.1) is 0 Å². The van der Waals surface area contributed by atoms with E-state index in [9.17, 15) is 5.11 Å². The Bertz CT molecular complexity index is 336. The van der Waals surface area contributed by atoms with Crippen molar-refractivity contribution in [1.29, 1.82) is 0 Å². The average molecular weight is 301 g/mol. The molecule has 0 spiro atoms. The molecule has 1 aromatic heterocycles. The third kappa shape index (κ3) is 6.15. The molecule has 0 saturated carbocycles. The van der Waals surface area contributed by atoms with Crippen molar-refractivity contribution in [3.05, 3.63) is 28.5 Å². The van der Waals surface area contributed by atoms with Gasteiger partial charge in [0, 0.05) is 23.8 Å². The lowest BCUT2D eigenvalue weighted by atomic mass is 9.94. The molecule has 1 aromatic rings. The maximum absolute atomic E-state index is 10.1. The standard InChI is InChI=1S/C13H21BrN2O/c1-10(2)6-13(3,17)9-15-8-12-5-4-11(14)7-16-12/h4-5,7,10,15,17H,6,8-9H2,1-3H3. The fourth-order valence-corrected chi connectivity index (χ4v) is 2.16. The highest BCUT2D eigenvalue weighted by atomic mass is 79.9. The van der Waals surface area contributed by atoms with Crippen LogP contribution in [0, 0.1) is 5.92 Å². The van der Waals surface area contributed by atoms with E-state index in [1.54, 1.807) is 6.20 Å². The largest absolute Gasteiger partial charge is 0.389 e. The molecule has 1 heterocycles. The number of hydrogen-bond acceptors (Lipinski definition) is 3. The molecule has 0 bridgehead atoms. The predicted molar refractivity (Wildman–Crippen MR) is 73.7 cm³/mol. The van der Waals surface area contributed by atoms with Gasteiger partial charge in [0.25, 0.3) is 0 Å². The third-order valence-electron chi connectivity index (χ3n) is 2.45. The van der Waals surface area contributed by atoms with Crippen LogP contribution in [0.25, 0.3) is 0 Å². The van der Waals surface area contributed by atoms with Crippen molar-refractivity contribution in [3.63, 3.8) is 0 Å². The monoisotopic (exact) mass is 300 g/mol. The Morgan fingerprint density at radius 3 is 2.71 bits per heavy atom. The van der Waals surface area contributed by atoms with E-state index in [0.29, 0.717) is 19.0 Å². The molecular weight excluding hydrogens is 280 g/mol. The lowest BCUT2D eigenvalue weighted by molar-refractivity contribution is 0.0382. The summed E-state index contributed by atoms with van der Waals surface area (Å²) < 4.78 is 0.980. The van der Waals surface area contributed by atoms with Gasteiger partial charge in [0.15, 0.2) is 0 Å². The Balaban J connectivity index is 2.34. The molecule has 0 saturated heterocycles. The highest BCUT2D eigenvalue weighted by Gasteiger charge is 2.20. The summed E-state index contributed by atoms with van der Waals surface area (Å²) in [5.41, 5.74) is 0.331. The molecule has 2 N–H and O–H groups in total. The van der Waals surface area contributed by atoms with Gasteiger partial charge in [0.05, 0.1) is 11.3 Å². The molecule has 0 aliphatic heterocycles. The maximum Gasteiger partial charge on any atom is 0.0746 e. The first-order valence-corrected chi connectivity index (χ1v) is 6.72. The Morgan fingerprint density at radius 1 is 1.47 bits per heavy atom. The first-order valence-electron chi connectivity index (χ1n) is 5.92. The maximum atomic E-state index is 10.1. The zero-order valence-corrected chi connectivity index (χ0v) is 12.3. The van der Waals surface area contributed by atoms with E-state index < -0.39 is 5.60 Å². The second-order valence-corrected chi connectivity index (χ2v) is 6.08. The SMILES string of the molecule is CC(C)CC(C)(O)CNCc1ccc(Br)cn1. The normalized spacial score (nSPS) is 14.9. The zero-order valence-electron chi connectivity index (χ0n) is 10.7. The van der Waals surface area contributed by atoms with E-state index in [1.165, 1.54) is 0 Å². The number of hydrogen-bond donors (Lipinski definition) is 2. The average Bonchev–Trinajstić information content (AvgIpc) is 2.18. The van der Waals surface area contributed by atoms with Crippen molar-refractivity contribution in [2.24, 2.45) is 5.92 Å². The molecule has 1 rings (SSSR count). The Kier molecular flexibility index (Phi) is 5.56. The quantitative estimate of drug-likeness (QED) is 0.849. The van der Waals surface area contributed by atoms with Gasteiger partial charge in [-0.1, -0.05) is 13.8 Å². The highest BCUT2D eigenvalue weighted by molar-refractivity contribution is 9.10. The zero-order chi connectivity index (χ0) is 12.9. The van der Waals surface area contributed by atoms with Crippen LogP contribution < -0.4 is 5.32 Å². The number of pyridine rings is 1. The van der Waals surface area contributed by atoms with Gasteiger partial charge in [0.1, 0.15) is 0 Å². The van der Waals surface area contributed by atoms with Crippen molar-refractivity contribution in [1.82, 2.24) is 10.3 Å². The number of nitrogens with zero attached hydrogens (tertiary/aromatic N) is 1. The lowest BCUT2D eigenvalue weighted by Crippen LogP contribution is -2.38. The minimum absolute atomic E-state index is 0.498. The summed E-state index contributed by atoms with van der Waals surface area (Å²) in [5, 5.41) is 13.4. The van der Waals surface area contributed by atoms with Gasteiger partial charge in [-0.3, -0.25) is 4.98 Å². The van der Waals surface area contributed by atoms with Crippen LogP contribution in [0.5, 0.6) is 0 Å². The second kappa shape index (κ2) is 6.47. The molecule has 1 atom stereocenters. The number of nitrogens with one attached hydrogen (secondary N) is 1. The molecule has 3 nitrogen and oxygen atoms in total. The molecular formula is C13H21BrN2O. The van der Waals surface area contributed by atoms with Crippen LogP contribution >= 0.6 is 15.9 Å². The van der Waals surface area contributed by atoms with E-state index in [2.05, 4.69) is 40.1 Å². The van der Waals surface area contributed by atoms with Crippen LogP contribution in [0.3, 0.4) is 0 Å². The molecule has 17 heavy (non-hydrogen) atoms. The van der Waals surface area contributed by atoms with Crippen LogP contribution in [0.2, 0.25) is 0 Å². The number of aliphatic hydroxyl groups is 1. The van der Waals surface area contributed by atoms with E-state index in [0.717, 1.165) is 16.6 Å². The number of aromatic nitrogens is 1. The molecule has 0 aromatic carbocycles. The number of halogens is 1. The van der Waals surface area contributed by atoms with Gasteiger partial charge in [-0.2, -0.15) is 0 Å². The van der Waals surface area contributed by atoms with Gasteiger partial charge < -0.3 is 10.4 Å². The summed E-state index contributed by atoms with van der Waals surface area (Å²) in [4.78, 5) is 4.27. The van der Waals surface area contributed by atoms with Crippen LogP contribution in [0.1, 0.15) is 32.9 Å². The third-order valence-corrected chi connectivity index (χ3v) is 2.92. The molecule has 96 valence electrons. The summed E-state index contributed by atoms with van der Waals surface area (Å²) in [6.45, 7) is 7.37. The summed E-state index contributed by atoms with van der Waals surface area (Å²) in [6.07, 6.45) is 2.58. The topological polar surface area (TPSA) is 45.1 Å². The van der Waals surface area contributed by atoms with Gasteiger partial charge >= 0.3 is 0 Å². The first kappa shape index (κ1) is 14.6. The first-order chi connectivity index (χ1) is 7.89. The van der Waals surface area contributed by atoms with Crippen molar-refractivity contribution >= 4 is 15.9 Å².